The maximum absolute atomic E-state index is 11.7. The molecular weight excluding hydrogens is 320 g/mol. The molecule has 0 unspecified atom stereocenters. The average Bonchev–Trinajstić information content (AvgIpc) is 2.65. The van der Waals surface area contributed by atoms with Crippen LogP contribution >= 0.6 is 0 Å². The molecule has 2 rings (SSSR count). The summed E-state index contributed by atoms with van der Waals surface area (Å²) in [6, 6.07) is 16.2. The van der Waals surface area contributed by atoms with Crippen molar-refractivity contribution in [3.05, 3.63) is 65.7 Å². The van der Waals surface area contributed by atoms with Gasteiger partial charge in [0.2, 0.25) is 0 Å². The summed E-state index contributed by atoms with van der Waals surface area (Å²) in [5, 5.41) is 3.87. The van der Waals surface area contributed by atoms with Crippen LogP contribution in [0.4, 0.5) is 0 Å². The Morgan fingerprint density at radius 2 is 1.80 bits per heavy atom. The molecule has 1 N–H and O–H groups in total. The Morgan fingerprint density at radius 1 is 1.08 bits per heavy atom. The number of nitrogens with zero attached hydrogens (tertiary/aromatic N) is 1. The summed E-state index contributed by atoms with van der Waals surface area (Å²) in [6.45, 7) is 1.90. The largest absolute Gasteiger partial charge is 0.484 e. The van der Waals surface area contributed by atoms with Gasteiger partial charge in [0.1, 0.15) is 5.75 Å². The van der Waals surface area contributed by atoms with Gasteiger partial charge >= 0.3 is 5.97 Å². The second kappa shape index (κ2) is 9.87. The lowest BCUT2D eigenvalue weighted by atomic mass is 10.2. The van der Waals surface area contributed by atoms with Crippen LogP contribution in [-0.4, -0.2) is 31.3 Å². The summed E-state index contributed by atoms with van der Waals surface area (Å²) in [7, 11) is 0. The number of hydrogen-bond acceptors (Lipinski definition) is 5. The van der Waals surface area contributed by atoms with Gasteiger partial charge in [-0.05, 0) is 36.8 Å². The SMILES string of the molecule is CCOC(=O)c1ccc(OCC(=O)N/N=C/Cc2ccccc2)cc1. The summed E-state index contributed by atoms with van der Waals surface area (Å²) in [5.74, 6) is -0.269. The zero-order valence-electron chi connectivity index (χ0n) is 14.0. The third-order valence-electron chi connectivity index (χ3n) is 3.19. The highest BCUT2D eigenvalue weighted by atomic mass is 16.5. The highest BCUT2D eigenvalue weighted by Gasteiger charge is 2.06. The summed E-state index contributed by atoms with van der Waals surface area (Å²) in [4.78, 5) is 23.2. The summed E-state index contributed by atoms with van der Waals surface area (Å²) in [6.07, 6.45) is 2.26. The molecule has 25 heavy (non-hydrogen) atoms. The first kappa shape index (κ1) is 18.2. The Bertz CT molecular complexity index is 712. The first-order chi connectivity index (χ1) is 12.2. The van der Waals surface area contributed by atoms with Crippen LogP contribution in [0.2, 0.25) is 0 Å². The predicted octanol–water partition coefficient (Wildman–Crippen LogP) is 2.59. The number of carbonyl (C=O) groups is 2. The van der Waals surface area contributed by atoms with Crippen LogP contribution in [0.15, 0.2) is 59.7 Å². The molecule has 0 spiro atoms. The van der Waals surface area contributed by atoms with Gasteiger partial charge in [-0.1, -0.05) is 30.3 Å². The van der Waals surface area contributed by atoms with Crippen molar-refractivity contribution in [1.82, 2.24) is 5.43 Å². The number of hydrogen-bond donors (Lipinski definition) is 1. The molecule has 0 aliphatic heterocycles. The quantitative estimate of drug-likeness (QED) is 0.455. The fourth-order valence-electron chi connectivity index (χ4n) is 1.97. The van der Waals surface area contributed by atoms with Gasteiger partial charge in [0.25, 0.3) is 5.91 Å². The number of nitrogens with one attached hydrogen (secondary N) is 1. The molecule has 6 nitrogen and oxygen atoms in total. The highest BCUT2D eigenvalue weighted by Crippen LogP contribution is 2.12. The van der Waals surface area contributed by atoms with E-state index >= 15 is 0 Å². The lowest BCUT2D eigenvalue weighted by Gasteiger charge is -2.06. The zero-order chi connectivity index (χ0) is 17.9. The number of rotatable bonds is 8. The Kier molecular flexibility index (Phi) is 7.18. The van der Waals surface area contributed by atoms with Gasteiger partial charge in [0.15, 0.2) is 6.61 Å². The Morgan fingerprint density at radius 3 is 2.48 bits per heavy atom. The lowest BCUT2D eigenvalue weighted by molar-refractivity contribution is -0.123. The van der Waals surface area contributed by atoms with Crippen molar-refractivity contribution in [3.63, 3.8) is 0 Å². The summed E-state index contributed by atoms with van der Waals surface area (Å²) >= 11 is 0. The van der Waals surface area contributed by atoms with Crippen LogP contribution in [0.1, 0.15) is 22.8 Å². The van der Waals surface area contributed by atoms with E-state index in [1.807, 2.05) is 30.3 Å². The molecule has 0 radical (unpaired) electrons. The average molecular weight is 340 g/mol. The molecule has 130 valence electrons. The van der Waals surface area contributed by atoms with Gasteiger partial charge in [-0.3, -0.25) is 4.79 Å². The number of ether oxygens (including phenoxy) is 2. The van der Waals surface area contributed by atoms with Gasteiger partial charge < -0.3 is 9.47 Å². The molecule has 0 saturated heterocycles. The van der Waals surface area contributed by atoms with Crippen LogP contribution in [0.25, 0.3) is 0 Å². The molecule has 0 aromatic heterocycles. The Balaban J connectivity index is 1.71. The molecule has 1 amide bonds. The molecule has 0 aliphatic rings. The van der Waals surface area contributed by atoms with Gasteiger partial charge in [0, 0.05) is 12.6 Å². The molecule has 6 heteroatoms. The Labute approximate surface area is 146 Å². The molecule has 0 atom stereocenters. The summed E-state index contributed by atoms with van der Waals surface area (Å²) in [5.41, 5.74) is 3.94. The van der Waals surface area contributed by atoms with Gasteiger partial charge in [-0.25, -0.2) is 10.2 Å². The van der Waals surface area contributed by atoms with Crippen molar-refractivity contribution in [2.75, 3.05) is 13.2 Å². The maximum Gasteiger partial charge on any atom is 0.338 e. The molecule has 0 bridgehead atoms. The zero-order valence-corrected chi connectivity index (χ0v) is 14.0. The normalized spacial score (nSPS) is 10.4. The van der Waals surface area contributed by atoms with Gasteiger partial charge in [-0.2, -0.15) is 5.10 Å². The molecule has 0 aliphatic carbocycles. The van der Waals surface area contributed by atoms with E-state index in [1.165, 1.54) is 0 Å². The highest BCUT2D eigenvalue weighted by molar-refractivity contribution is 5.89. The van der Waals surface area contributed by atoms with Crippen molar-refractivity contribution in [2.24, 2.45) is 5.10 Å². The van der Waals surface area contributed by atoms with Crippen LogP contribution in [0.3, 0.4) is 0 Å². The van der Waals surface area contributed by atoms with E-state index < -0.39 is 0 Å². The van der Waals surface area contributed by atoms with Crippen molar-refractivity contribution in [3.8, 4) is 5.75 Å². The van der Waals surface area contributed by atoms with Crippen molar-refractivity contribution < 1.29 is 19.1 Å². The monoisotopic (exact) mass is 340 g/mol. The fourth-order valence-corrected chi connectivity index (χ4v) is 1.97. The standard InChI is InChI=1S/C19H20N2O4/c1-2-24-19(23)16-8-10-17(11-9-16)25-14-18(22)21-20-13-12-15-6-4-3-5-7-15/h3-11,13H,2,12,14H2,1H3,(H,21,22)/b20-13+. The van der Waals surface area contributed by atoms with Crippen molar-refractivity contribution in [2.45, 2.75) is 13.3 Å². The van der Waals surface area contributed by atoms with Crippen LogP contribution in [0, 0.1) is 0 Å². The van der Waals surface area contributed by atoms with E-state index in [0.717, 1.165) is 5.56 Å². The first-order valence-corrected chi connectivity index (χ1v) is 7.93. The minimum Gasteiger partial charge on any atom is -0.484 e. The van der Waals surface area contributed by atoms with E-state index in [-0.39, 0.29) is 18.5 Å². The van der Waals surface area contributed by atoms with E-state index in [9.17, 15) is 9.59 Å². The molecular formula is C19H20N2O4. The smallest absolute Gasteiger partial charge is 0.338 e. The Hall–Kier alpha value is -3.15. The number of carbonyl (C=O) groups excluding carboxylic acids is 2. The summed E-state index contributed by atoms with van der Waals surface area (Å²) < 4.78 is 10.2. The predicted molar refractivity (Wildman–Crippen MR) is 94.7 cm³/mol. The molecule has 0 heterocycles. The number of benzene rings is 2. The van der Waals surface area contributed by atoms with Gasteiger partial charge in [0.05, 0.1) is 12.2 Å². The molecule has 2 aromatic rings. The third-order valence-corrected chi connectivity index (χ3v) is 3.19. The van der Waals surface area contributed by atoms with E-state index in [0.29, 0.717) is 24.3 Å². The number of amides is 1. The second-order valence-corrected chi connectivity index (χ2v) is 5.07. The van der Waals surface area contributed by atoms with Crippen molar-refractivity contribution >= 4 is 18.1 Å². The third kappa shape index (κ3) is 6.47. The van der Waals surface area contributed by atoms with E-state index in [4.69, 9.17) is 9.47 Å². The number of esters is 1. The van der Waals surface area contributed by atoms with Crippen LogP contribution in [0.5, 0.6) is 5.75 Å². The molecule has 2 aromatic carbocycles. The number of hydrazone groups is 1. The minimum absolute atomic E-state index is 0.165. The maximum atomic E-state index is 11.7. The second-order valence-electron chi connectivity index (χ2n) is 5.07. The lowest BCUT2D eigenvalue weighted by Crippen LogP contribution is -2.24. The molecule has 0 saturated carbocycles. The molecule has 0 fully saturated rings. The topological polar surface area (TPSA) is 77.0 Å². The van der Waals surface area contributed by atoms with E-state index in [2.05, 4.69) is 10.5 Å². The fraction of sp³-hybridized carbons (Fsp3) is 0.211. The van der Waals surface area contributed by atoms with Crippen LogP contribution < -0.4 is 10.2 Å². The van der Waals surface area contributed by atoms with Crippen molar-refractivity contribution in [1.29, 1.82) is 0 Å². The van der Waals surface area contributed by atoms with Gasteiger partial charge in [-0.15, -0.1) is 0 Å². The van der Waals surface area contributed by atoms with Crippen LogP contribution in [-0.2, 0) is 16.0 Å². The minimum atomic E-state index is -0.389. The first-order valence-electron chi connectivity index (χ1n) is 7.93. The van der Waals surface area contributed by atoms with E-state index in [1.54, 1.807) is 37.4 Å².